The van der Waals surface area contributed by atoms with E-state index in [1.54, 1.807) is 16.8 Å². The molecule has 154 valence electrons. The Morgan fingerprint density at radius 2 is 2.10 bits per heavy atom. The van der Waals surface area contributed by atoms with E-state index in [1.165, 1.54) is 13.4 Å². The van der Waals surface area contributed by atoms with Crippen LogP contribution in [0.5, 0.6) is 11.5 Å². The first-order valence-electron chi connectivity index (χ1n) is 9.40. The van der Waals surface area contributed by atoms with Crippen LogP contribution in [-0.2, 0) is 9.59 Å². The molecule has 4 rings (SSSR count). The Morgan fingerprint density at radius 3 is 2.90 bits per heavy atom. The summed E-state index contributed by atoms with van der Waals surface area (Å²) in [5.74, 6) is 0.895. The van der Waals surface area contributed by atoms with Gasteiger partial charge in [0.1, 0.15) is 6.33 Å². The highest BCUT2D eigenvalue weighted by Crippen LogP contribution is 2.34. The molecule has 1 aliphatic heterocycles. The third-order valence-corrected chi connectivity index (χ3v) is 4.85. The molecule has 0 radical (unpaired) electrons. The van der Waals surface area contributed by atoms with Crippen LogP contribution in [0.15, 0.2) is 48.8 Å². The molecule has 2 heterocycles. The van der Waals surface area contributed by atoms with E-state index in [4.69, 9.17) is 9.47 Å². The topological polar surface area (TPSA) is 107 Å². The first kappa shape index (κ1) is 19.4. The Kier molecular flexibility index (Phi) is 5.34. The second-order valence-electron chi connectivity index (χ2n) is 6.86. The largest absolute Gasteiger partial charge is 0.493 e. The van der Waals surface area contributed by atoms with Gasteiger partial charge in [-0.2, -0.15) is 10.1 Å². The number of aromatic nitrogens is 3. The van der Waals surface area contributed by atoms with Gasteiger partial charge in [-0.3, -0.25) is 14.9 Å². The minimum atomic E-state index is -0.302. The zero-order valence-electron chi connectivity index (χ0n) is 16.6. The quantitative estimate of drug-likeness (QED) is 0.650. The summed E-state index contributed by atoms with van der Waals surface area (Å²) in [6.45, 7) is 1.76. The lowest BCUT2D eigenvalue weighted by atomic mass is 10.0. The van der Waals surface area contributed by atoms with Crippen molar-refractivity contribution in [1.29, 1.82) is 0 Å². The average molecular weight is 407 g/mol. The maximum absolute atomic E-state index is 12.3. The molecule has 0 saturated heterocycles. The monoisotopic (exact) mass is 407 g/mol. The number of aryl methyl sites for hydroxylation is 1. The Morgan fingerprint density at radius 1 is 1.27 bits per heavy atom. The van der Waals surface area contributed by atoms with Gasteiger partial charge in [-0.25, -0.2) is 4.68 Å². The van der Waals surface area contributed by atoms with Gasteiger partial charge in [-0.1, -0.05) is 24.3 Å². The Bertz CT molecular complexity index is 1090. The van der Waals surface area contributed by atoms with Gasteiger partial charge in [0, 0.05) is 5.69 Å². The number of nitrogens with zero attached hydrogens (tertiary/aromatic N) is 3. The SMILES string of the molecule is COc1cc([C@H]2CC(=O)Nc3ncnn32)ccc1OCC(=O)Nc1ccccc1C. The van der Waals surface area contributed by atoms with Gasteiger partial charge in [0.05, 0.1) is 19.6 Å². The number of ether oxygens (including phenoxy) is 2. The molecule has 9 nitrogen and oxygen atoms in total. The zero-order chi connectivity index (χ0) is 21.1. The van der Waals surface area contributed by atoms with Crippen molar-refractivity contribution < 1.29 is 19.1 Å². The molecule has 3 aromatic rings. The third kappa shape index (κ3) is 3.95. The summed E-state index contributed by atoms with van der Waals surface area (Å²) in [5, 5.41) is 9.71. The van der Waals surface area contributed by atoms with Crippen molar-refractivity contribution in [1.82, 2.24) is 14.8 Å². The van der Waals surface area contributed by atoms with Gasteiger partial charge in [0.2, 0.25) is 11.9 Å². The van der Waals surface area contributed by atoms with Gasteiger partial charge in [-0.15, -0.1) is 0 Å². The predicted octanol–water partition coefficient (Wildman–Crippen LogP) is 2.54. The third-order valence-electron chi connectivity index (χ3n) is 4.85. The smallest absolute Gasteiger partial charge is 0.262 e. The summed E-state index contributed by atoms with van der Waals surface area (Å²) in [6, 6.07) is 12.5. The van der Waals surface area contributed by atoms with Gasteiger partial charge < -0.3 is 14.8 Å². The molecule has 0 unspecified atom stereocenters. The number of amides is 2. The molecule has 1 aliphatic rings. The minimum Gasteiger partial charge on any atom is -0.493 e. The molecule has 1 atom stereocenters. The van der Waals surface area contributed by atoms with E-state index in [0.29, 0.717) is 17.4 Å². The van der Waals surface area contributed by atoms with E-state index in [2.05, 4.69) is 20.7 Å². The fourth-order valence-corrected chi connectivity index (χ4v) is 3.32. The summed E-state index contributed by atoms with van der Waals surface area (Å²) in [7, 11) is 1.52. The Balaban J connectivity index is 1.48. The lowest BCUT2D eigenvalue weighted by Gasteiger charge is -2.24. The number of rotatable bonds is 6. The van der Waals surface area contributed by atoms with Crippen LogP contribution in [0, 0.1) is 6.92 Å². The second kappa shape index (κ2) is 8.24. The van der Waals surface area contributed by atoms with Crippen molar-refractivity contribution in [3.8, 4) is 11.5 Å². The van der Waals surface area contributed by atoms with E-state index in [9.17, 15) is 9.59 Å². The summed E-state index contributed by atoms with van der Waals surface area (Å²) < 4.78 is 12.8. The fraction of sp³-hybridized carbons (Fsp3) is 0.238. The number of nitrogens with one attached hydrogen (secondary N) is 2. The van der Waals surface area contributed by atoms with Crippen molar-refractivity contribution in [3.05, 3.63) is 59.9 Å². The highest BCUT2D eigenvalue weighted by Gasteiger charge is 2.28. The van der Waals surface area contributed by atoms with Crippen molar-refractivity contribution in [2.45, 2.75) is 19.4 Å². The summed E-state index contributed by atoms with van der Waals surface area (Å²) in [5.41, 5.74) is 2.54. The average Bonchev–Trinajstić information content (AvgIpc) is 3.21. The number of carbonyl (C=O) groups is 2. The molecular weight excluding hydrogens is 386 g/mol. The molecule has 0 saturated carbocycles. The summed E-state index contributed by atoms with van der Waals surface area (Å²) in [4.78, 5) is 28.3. The van der Waals surface area contributed by atoms with Crippen LogP contribution >= 0.6 is 0 Å². The molecule has 9 heteroatoms. The number of benzene rings is 2. The zero-order valence-corrected chi connectivity index (χ0v) is 16.6. The minimum absolute atomic E-state index is 0.132. The number of hydrogen-bond donors (Lipinski definition) is 2. The standard InChI is InChI=1S/C21H21N5O4/c1-13-5-3-4-6-15(13)24-20(28)11-30-17-8-7-14(9-18(17)29-2)16-10-19(27)25-21-22-12-23-26(16)21/h3-9,12,16H,10-11H2,1-2H3,(H,24,28)(H,22,23,25,27)/t16-/m1/s1. The summed E-state index contributed by atoms with van der Waals surface area (Å²) in [6.07, 6.45) is 1.63. The van der Waals surface area contributed by atoms with E-state index in [1.807, 2.05) is 37.3 Å². The summed E-state index contributed by atoms with van der Waals surface area (Å²) >= 11 is 0. The van der Waals surface area contributed by atoms with Gasteiger partial charge >= 0.3 is 0 Å². The molecular formula is C21H21N5O4. The van der Waals surface area contributed by atoms with Crippen molar-refractivity contribution in [3.63, 3.8) is 0 Å². The number of methoxy groups -OCH3 is 1. The number of fused-ring (bicyclic) bond motifs is 1. The van der Waals surface area contributed by atoms with E-state index in [-0.39, 0.29) is 30.9 Å². The van der Waals surface area contributed by atoms with Crippen LogP contribution in [0.4, 0.5) is 11.6 Å². The lowest BCUT2D eigenvalue weighted by Crippen LogP contribution is -2.29. The van der Waals surface area contributed by atoms with Crippen LogP contribution in [0.3, 0.4) is 0 Å². The first-order valence-corrected chi connectivity index (χ1v) is 9.40. The van der Waals surface area contributed by atoms with Gasteiger partial charge in [-0.05, 0) is 36.2 Å². The van der Waals surface area contributed by atoms with Crippen molar-refractivity contribution in [2.75, 3.05) is 24.4 Å². The molecule has 0 spiro atoms. The normalized spacial score (nSPS) is 15.1. The van der Waals surface area contributed by atoms with Crippen LogP contribution in [-0.4, -0.2) is 40.3 Å². The van der Waals surface area contributed by atoms with Crippen LogP contribution in [0.2, 0.25) is 0 Å². The Hall–Kier alpha value is -3.88. The predicted molar refractivity (Wildman–Crippen MR) is 110 cm³/mol. The fourth-order valence-electron chi connectivity index (χ4n) is 3.32. The van der Waals surface area contributed by atoms with Gasteiger partial charge in [0.25, 0.3) is 5.91 Å². The number of anilines is 2. The first-order chi connectivity index (χ1) is 14.5. The van der Waals surface area contributed by atoms with E-state index < -0.39 is 0 Å². The molecule has 0 aliphatic carbocycles. The van der Waals surface area contributed by atoms with Crippen molar-refractivity contribution >= 4 is 23.5 Å². The molecule has 2 N–H and O–H groups in total. The molecule has 0 fully saturated rings. The van der Waals surface area contributed by atoms with E-state index in [0.717, 1.165) is 16.8 Å². The van der Waals surface area contributed by atoms with E-state index >= 15 is 0 Å². The number of hydrogen-bond acceptors (Lipinski definition) is 6. The number of carbonyl (C=O) groups excluding carboxylic acids is 2. The van der Waals surface area contributed by atoms with Crippen LogP contribution in [0.1, 0.15) is 23.6 Å². The van der Waals surface area contributed by atoms with Crippen LogP contribution in [0.25, 0.3) is 0 Å². The lowest BCUT2D eigenvalue weighted by molar-refractivity contribution is -0.118. The van der Waals surface area contributed by atoms with Crippen LogP contribution < -0.4 is 20.1 Å². The highest BCUT2D eigenvalue weighted by atomic mass is 16.5. The maximum Gasteiger partial charge on any atom is 0.262 e. The molecule has 30 heavy (non-hydrogen) atoms. The molecule has 0 bridgehead atoms. The second-order valence-corrected chi connectivity index (χ2v) is 6.86. The number of para-hydroxylation sites is 1. The Labute approximate surface area is 173 Å². The maximum atomic E-state index is 12.3. The molecule has 1 aromatic heterocycles. The molecule has 2 amide bonds. The molecule has 2 aromatic carbocycles. The highest BCUT2D eigenvalue weighted by molar-refractivity contribution is 5.92. The van der Waals surface area contributed by atoms with Gasteiger partial charge in [0.15, 0.2) is 18.1 Å². The van der Waals surface area contributed by atoms with Crippen molar-refractivity contribution in [2.24, 2.45) is 0 Å².